The smallest absolute Gasteiger partial charge is 0.253 e. The van der Waals surface area contributed by atoms with E-state index in [1.807, 2.05) is 41.5 Å². The fourth-order valence-corrected chi connectivity index (χ4v) is 3.26. The van der Waals surface area contributed by atoms with Crippen LogP contribution in [-0.4, -0.2) is 41.0 Å². The van der Waals surface area contributed by atoms with Crippen LogP contribution in [0, 0.1) is 13.8 Å². The lowest BCUT2D eigenvalue weighted by Gasteiger charge is -2.27. The van der Waals surface area contributed by atoms with Gasteiger partial charge in [-0.1, -0.05) is 41.5 Å². The second-order valence-corrected chi connectivity index (χ2v) is 10.4. The molecule has 0 bridgehead atoms. The number of phenols is 2. The lowest BCUT2D eigenvalue weighted by Crippen LogP contribution is -2.21. The normalized spacial score (nSPS) is 11.4. The second-order valence-electron chi connectivity index (χ2n) is 10.4. The summed E-state index contributed by atoms with van der Waals surface area (Å²) in [5, 5.41) is 19.9. The number of primary amides is 1. The van der Waals surface area contributed by atoms with Gasteiger partial charge in [-0.2, -0.15) is 0 Å². The number of hydrogen-bond donors (Lipinski definition) is 3. The standard InChI is InChI=1S/C15H23NO2.C11H15NO2/c1-14(2,3)10-7-9(13(16)18)8-11(12(10)17)15(4,5)6;1-7-5-9(11(14)12(3)4)6-8(2)10(7)13/h7-8,17H,1-6H3,(H2,16,18);5-6,13H,1-4H3. The fraction of sp³-hybridized carbons (Fsp3) is 0.462. The molecule has 0 heterocycles. The van der Waals surface area contributed by atoms with Crippen LogP contribution < -0.4 is 5.73 Å². The molecule has 0 spiro atoms. The number of nitrogens with two attached hydrogens (primary N) is 1. The van der Waals surface area contributed by atoms with Gasteiger partial charge >= 0.3 is 0 Å². The van der Waals surface area contributed by atoms with Gasteiger partial charge in [0.15, 0.2) is 0 Å². The van der Waals surface area contributed by atoms with E-state index >= 15 is 0 Å². The third-order valence-corrected chi connectivity index (χ3v) is 5.15. The summed E-state index contributed by atoms with van der Waals surface area (Å²) in [5.74, 6) is 0.0162. The van der Waals surface area contributed by atoms with E-state index in [1.54, 1.807) is 52.2 Å². The van der Waals surface area contributed by atoms with Crippen molar-refractivity contribution < 1.29 is 19.8 Å². The largest absolute Gasteiger partial charge is 0.507 e. The van der Waals surface area contributed by atoms with Gasteiger partial charge in [0, 0.05) is 36.3 Å². The van der Waals surface area contributed by atoms with E-state index in [0.29, 0.717) is 11.1 Å². The number of hydrogen-bond acceptors (Lipinski definition) is 4. The predicted octanol–water partition coefficient (Wildman–Crippen LogP) is 4.80. The molecule has 2 aromatic carbocycles. The van der Waals surface area contributed by atoms with E-state index in [2.05, 4.69) is 0 Å². The topological polar surface area (TPSA) is 104 Å². The van der Waals surface area contributed by atoms with Gasteiger partial charge in [0.25, 0.3) is 5.91 Å². The Labute approximate surface area is 192 Å². The number of benzene rings is 2. The Kier molecular flexibility index (Phi) is 8.13. The van der Waals surface area contributed by atoms with Crippen molar-refractivity contribution in [2.24, 2.45) is 5.73 Å². The summed E-state index contributed by atoms with van der Waals surface area (Å²) in [5.41, 5.74) is 8.92. The van der Waals surface area contributed by atoms with Crippen LogP contribution in [-0.2, 0) is 10.8 Å². The Morgan fingerprint density at radius 1 is 0.750 bits per heavy atom. The molecule has 2 aromatic rings. The third-order valence-electron chi connectivity index (χ3n) is 5.15. The molecule has 2 rings (SSSR count). The summed E-state index contributed by atoms with van der Waals surface area (Å²) in [7, 11) is 3.42. The average molecular weight is 443 g/mol. The Morgan fingerprint density at radius 2 is 1.12 bits per heavy atom. The monoisotopic (exact) mass is 442 g/mol. The summed E-state index contributed by atoms with van der Waals surface area (Å²) >= 11 is 0. The Balaban J connectivity index is 0.000000330. The number of carbonyl (C=O) groups excluding carboxylic acids is 2. The first kappa shape index (κ1) is 27.0. The Hall–Kier alpha value is -3.02. The maximum Gasteiger partial charge on any atom is 0.253 e. The number of nitrogens with zero attached hydrogens (tertiary/aromatic N) is 1. The molecule has 0 atom stereocenters. The van der Waals surface area contributed by atoms with Crippen molar-refractivity contribution in [3.63, 3.8) is 0 Å². The van der Waals surface area contributed by atoms with Gasteiger partial charge in [0.05, 0.1) is 0 Å². The molecule has 0 aromatic heterocycles. The van der Waals surface area contributed by atoms with Crippen molar-refractivity contribution in [1.82, 2.24) is 4.90 Å². The molecule has 4 N–H and O–H groups in total. The van der Waals surface area contributed by atoms with Gasteiger partial charge in [-0.25, -0.2) is 0 Å². The number of aromatic hydroxyl groups is 2. The lowest BCUT2D eigenvalue weighted by atomic mass is 9.78. The first-order valence-electron chi connectivity index (χ1n) is 10.6. The van der Waals surface area contributed by atoms with Crippen LogP contribution in [0.4, 0.5) is 0 Å². The van der Waals surface area contributed by atoms with Gasteiger partial charge in [0.2, 0.25) is 5.91 Å². The molecule has 0 aliphatic heterocycles. The van der Waals surface area contributed by atoms with Gasteiger partial charge in [0.1, 0.15) is 11.5 Å². The first-order chi connectivity index (χ1) is 14.4. The maximum absolute atomic E-state index is 11.6. The van der Waals surface area contributed by atoms with Crippen molar-refractivity contribution in [2.75, 3.05) is 14.1 Å². The number of rotatable bonds is 2. The highest BCUT2D eigenvalue weighted by atomic mass is 16.3. The molecular weight excluding hydrogens is 404 g/mol. The molecule has 0 aliphatic rings. The van der Waals surface area contributed by atoms with Crippen molar-refractivity contribution in [3.05, 3.63) is 57.6 Å². The van der Waals surface area contributed by atoms with Crippen molar-refractivity contribution in [1.29, 1.82) is 0 Å². The number of amides is 2. The minimum absolute atomic E-state index is 0.0452. The van der Waals surface area contributed by atoms with Crippen molar-refractivity contribution in [3.8, 4) is 11.5 Å². The van der Waals surface area contributed by atoms with Gasteiger partial charge in [-0.15, -0.1) is 0 Å². The summed E-state index contributed by atoms with van der Waals surface area (Å²) in [4.78, 5) is 24.5. The highest BCUT2D eigenvalue weighted by molar-refractivity contribution is 5.94. The zero-order valence-electron chi connectivity index (χ0n) is 21.0. The summed E-state index contributed by atoms with van der Waals surface area (Å²) < 4.78 is 0. The van der Waals surface area contributed by atoms with Gasteiger partial charge in [-0.3, -0.25) is 9.59 Å². The number of aryl methyl sites for hydroxylation is 2. The van der Waals surface area contributed by atoms with E-state index in [4.69, 9.17) is 5.73 Å². The Bertz CT molecular complexity index is 951. The molecular formula is C26H38N2O4. The quantitative estimate of drug-likeness (QED) is 0.621. The molecule has 2 amide bonds. The molecule has 32 heavy (non-hydrogen) atoms. The summed E-state index contributed by atoms with van der Waals surface area (Å²) in [6.07, 6.45) is 0. The maximum atomic E-state index is 11.6. The second kappa shape index (κ2) is 9.63. The molecule has 0 radical (unpaired) electrons. The highest BCUT2D eigenvalue weighted by Gasteiger charge is 2.27. The molecule has 176 valence electrons. The third kappa shape index (κ3) is 6.49. The fourth-order valence-electron chi connectivity index (χ4n) is 3.26. The van der Waals surface area contributed by atoms with Crippen LogP contribution in [0.15, 0.2) is 24.3 Å². The summed E-state index contributed by atoms with van der Waals surface area (Å²) in [6, 6.07) is 6.77. The van der Waals surface area contributed by atoms with Gasteiger partial charge < -0.3 is 20.8 Å². The summed E-state index contributed by atoms with van der Waals surface area (Å²) in [6.45, 7) is 15.6. The lowest BCUT2D eigenvalue weighted by molar-refractivity contribution is 0.0827. The SMILES string of the molecule is CC(C)(C)c1cc(C(N)=O)cc(C(C)(C)C)c1O.Cc1cc(C(=O)N(C)C)cc(C)c1O. The van der Waals surface area contributed by atoms with E-state index in [0.717, 1.165) is 22.3 Å². The Morgan fingerprint density at radius 3 is 1.41 bits per heavy atom. The molecule has 0 fully saturated rings. The molecule has 6 heteroatoms. The van der Waals surface area contributed by atoms with Crippen LogP contribution in [0.1, 0.15) is 84.5 Å². The number of carbonyl (C=O) groups is 2. The molecule has 0 saturated heterocycles. The van der Waals surface area contributed by atoms with Crippen molar-refractivity contribution >= 4 is 11.8 Å². The van der Waals surface area contributed by atoms with Crippen LogP contribution in [0.3, 0.4) is 0 Å². The average Bonchev–Trinajstić information content (AvgIpc) is 2.63. The zero-order chi connectivity index (χ0) is 25.2. The van der Waals surface area contributed by atoms with E-state index in [1.165, 1.54) is 4.90 Å². The van der Waals surface area contributed by atoms with E-state index < -0.39 is 5.91 Å². The molecule has 6 nitrogen and oxygen atoms in total. The van der Waals surface area contributed by atoms with Crippen molar-refractivity contribution in [2.45, 2.75) is 66.2 Å². The van der Waals surface area contributed by atoms with Crippen LogP contribution in [0.25, 0.3) is 0 Å². The predicted molar refractivity (Wildman–Crippen MR) is 130 cm³/mol. The van der Waals surface area contributed by atoms with Crippen LogP contribution in [0.2, 0.25) is 0 Å². The minimum atomic E-state index is -0.467. The molecule has 0 aliphatic carbocycles. The zero-order valence-corrected chi connectivity index (χ0v) is 21.0. The molecule has 0 saturated carbocycles. The van der Waals surface area contributed by atoms with Crippen LogP contribution in [0.5, 0.6) is 11.5 Å². The number of phenolic OH excluding ortho intramolecular Hbond substituents is 2. The van der Waals surface area contributed by atoms with E-state index in [9.17, 15) is 19.8 Å². The van der Waals surface area contributed by atoms with Crippen LogP contribution >= 0.6 is 0 Å². The first-order valence-corrected chi connectivity index (χ1v) is 10.6. The minimum Gasteiger partial charge on any atom is -0.507 e. The highest BCUT2D eigenvalue weighted by Crippen LogP contribution is 2.39. The molecule has 0 unspecified atom stereocenters. The van der Waals surface area contributed by atoms with E-state index in [-0.39, 0.29) is 28.2 Å². The van der Waals surface area contributed by atoms with Gasteiger partial charge in [-0.05, 0) is 60.1 Å².